The smallest absolute Gasteiger partial charge is 0.162 e. The molecule has 0 bridgehead atoms. The first-order valence-corrected chi connectivity index (χ1v) is 9.87. The fourth-order valence-electron chi connectivity index (χ4n) is 2.13. The Balaban J connectivity index is 0.00000204. The number of hydrogen-bond donors (Lipinski definition) is 3. The Kier molecular flexibility index (Phi) is 10.9. The Bertz CT molecular complexity index is 903. The van der Waals surface area contributed by atoms with Crippen LogP contribution in [0.1, 0.15) is 30.4 Å². The van der Waals surface area contributed by atoms with Gasteiger partial charge in [0.2, 0.25) is 0 Å². The first kappa shape index (κ1) is 24.0. The average Bonchev–Trinajstić information content (AvgIpc) is 3.12. The van der Waals surface area contributed by atoms with Gasteiger partial charge in [-0.1, -0.05) is 20.4 Å². The van der Waals surface area contributed by atoms with Crippen molar-refractivity contribution in [3.8, 4) is 0 Å². The second kappa shape index (κ2) is 13.2. The van der Waals surface area contributed by atoms with Crippen LogP contribution >= 0.6 is 11.3 Å². The zero-order valence-corrected chi connectivity index (χ0v) is 17.9. The molecule has 0 unspecified atom stereocenters. The molecule has 2 heterocycles. The lowest BCUT2D eigenvalue weighted by atomic mass is 10.3. The number of rotatable bonds is 10. The molecule has 2 rings (SSSR count). The zero-order valence-electron chi connectivity index (χ0n) is 17.1. The Morgan fingerprint density at radius 3 is 2.76 bits per heavy atom. The van der Waals surface area contributed by atoms with Gasteiger partial charge < -0.3 is 20.5 Å². The van der Waals surface area contributed by atoms with Crippen LogP contribution in [0.15, 0.2) is 47.6 Å². The SMILES string of the molecule is C=C/C(=C\C=C(/C)NC=Nc1c(C=O)sc2ncnc(NCCO)c12)OC.CC. The zero-order chi connectivity index (χ0) is 21.6. The predicted molar refractivity (Wildman–Crippen MR) is 120 cm³/mol. The van der Waals surface area contributed by atoms with Crippen molar-refractivity contribution in [3.63, 3.8) is 0 Å². The summed E-state index contributed by atoms with van der Waals surface area (Å²) in [5.74, 6) is 1.16. The number of nitrogens with zero attached hydrogens (tertiary/aromatic N) is 3. The largest absolute Gasteiger partial charge is 0.497 e. The minimum absolute atomic E-state index is 0.0397. The number of nitrogens with one attached hydrogen (secondary N) is 2. The quantitative estimate of drug-likeness (QED) is 0.177. The molecular weight excluding hydrogens is 390 g/mol. The third-order valence-electron chi connectivity index (χ3n) is 3.42. The number of carbonyl (C=O) groups is 1. The molecule has 3 N–H and O–H groups in total. The number of ether oxygens (including phenoxy) is 1. The van der Waals surface area contributed by atoms with Crippen molar-refractivity contribution >= 4 is 45.7 Å². The highest BCUT2D eigenvalue weighted by Gasteiger charge is 2.16. The van der Waals surface area contributed by atoms with Gasteiger partial charge in [0.25, 0.3) is 0 Å². The van der Waals surface area contributed by atoms with Crippen LogP contribution in [0.25, 0.3) is 10.2 Å². The Morgan fingerprint density at radius 1 is 1.38 bits per heavy atom. The van der Waals surface area contributed by atoms with Gasteiger partial charge in [-0.25, -0.2) is 15.0 Å². The minimum Gasteiger partial charge on any atom is -0.497 e. The topological polar surface area (TPSA) is 109 Å². The van der Waals surface area contributed by atoms with Crippen molar-refractivity contribution in [1.82, 2.24) is 15.3 Å². The van der Waals surface area contributed by atoms with Crippen LogP contribution in [-0.4, -0.2) is 48.0 Å². The van der Waals surface area contributed by atoms with Gasteiger partial charge in [-0.3, -0.25) is 4.79 Å². The summed E-state index contributed by atoms with van der Waals surface area (Å²) in [6.45, 7) is 9.81. The standard InChI is InChI=1S/C18H21N5O3S.C2H6/c1-4-13(26-3)6-5-12(2)20-10-21-16-14(9-25)27-18-15(16)17(19-7-8-24)22-11-23-18;1-2/h4-6,9-11,24H,1,7-8H2,2-3H3,(H,20,21)(H,19,22,23);1-2H3/b12-5+,13-6+;. The van der Waals surface area contributed by atoms with E-state index < -0.39 is 0 Å². The second-order valence-corrected chi connectivity index (χ2v) is 6.25. The number of methoxy groups -OCH3 is 1. The molecule has 0 aromatic carbocycles. The molecule has 9 heteroatoms. The molecule has 0 amide bonds. The molecule has 29 heavy (non-hydrogen) atoms. The average molecular weight is 418 g/mol. The van der Waals surface area contributed by atoms with Gasteiger partial charge in [-0.05, 0) is 25.2 Å². The van der Waals surface area contributed by atoms with Crippen LogP contribution in [0.5, 0.6) is 0 Å². The highest BCUT2D eigenvalue weighted by atomic mass is 32.1. The van der Waals surface area contributed by atoms with Gasteiger partial charge >= 0.3 is 0 Å². The first-order valence-electron chi connectivity index (χ1n) is 9.06. The molecule has 0 aliphatic rings. The summed E-state index contributed by atoms with van der Waals surface area (Å²) in [4.78, 5) is 25.3. The fraction of sp³-hybridized carbons (Fsp3) is 0.300. The van der Waals surface area contributed by atoms with Crippen LogP contribution in [-0.2, 0) is 4.74 Å². The van der Waals surface area contributed by atoms with E-state index in [4.69, 9.17) is 9.84 Å². The minimum atomic E-state index is -0.0397. The summed E-state index contributed by atoms with van der Waals surface area (Å²) in [5.41, 5.74) is 1.29. The molecule has 0 saturated carbocycles. The Hall–Kier alpha value is -3.04. The Labute approximate surface area is 174 Å². The number of allylic oxidation sites excluding steroid dienone is 4. The summed E-state index contributed by atoms with van der Waals surface area (Å²) in [6.07, 6.45) is 8.84. The normalized spacial score (nSPS) is 11.8. The highest BCUT2D eigenvalue weighted by Crippen LogP contribution is 2.38. The summed E-state index contributed by atoms with van der Waals surface area (Å²) >= 11 is 1.24. The molecule has 0 spiro atoms. The van der Waals surface area contributed by atoms with Crippen molar-refractivity contribution in [1.29, 1.82) is 0 Å². The molecule has 0 fully saturated rings. The van der Waals surface area contributed by atoms with Crippen LogP contribution in [0.4, 0.5) is 11.5 Å². The van der Waals surface area contributed by atoms with Crippen LogP contribution in [0.2, 0.25) is 0 Å². The monoisotopic (exact) mass is 417 g/mol. The lowest BCUT2D eigenvalue weighted by Gasteiger charge is -2.05. The molecule has 2 aromatic heterocycles. The van der Waals surface area contributed by atoms with Gasteiger partial charge in [0.1, 0.15) is 22.7 Å². The van der Waals surface area contributed by atoms with Gasteiger partial charge in [-0.2, -0.15) is 0 Å². The summed E-state index contributed by atoms with van der Waals surface area (Å²) in [7, 11) is 1.57. The number of fused-ring (bicyclic) bond motifs is 1. The van der Waals surface area contributed by atoms with E-state index >= 15 is 0 Å². The number of aldehydes is 1. The third kappa shape index (κ3) is 6.81. The van der Waals surface area contributed by atoms with Gasteiger partial charge in [0.05, 0.1) is 36.0 Å². The molecule has 0 saturated heterocycles. The van der Waals surface area contributed by atoms with Crippen molar-refractivity contribution in [2.45, 2.75) is 20.8 Å². The number of aliphatic hydroxyl groups is 1. The summed E-state index contributed by atoms with van der Waals surface area (Å²) < 4.78 is 5.10. The van der Waals surface area contributed by atoms with E-state index in [2.05, 4.69) is 32.2 Å². The van der Waals surface area contributed by atoms with E-state index in [1.54, 1.807) is 19.3 Å². The highest BCUT2D eigenvalue weighted by molar-refractivity contribution is 7.21. The fourth-order valence-corrected chi connectivity index (χ4v) is 3.03. The van der Waals surface area contributed by atoms with Crippen molar-refractivity contribution < 1.29 is 14.6 Å². The number of aliphatic imine (C=N–C) groups is 1. The number of carbonyl (C=O) groups excluding carboxylic acids is 1. The summed E-state index contributed by atoms with van der Waals surface area (Å²) in [5, 5.41) is 15.7. The van der Waals surface area contributed by atoms with Crippen LogP contribution in [0.3, 0.4) is 0 Å². The van der Waals surface area contributed by atoms with E-state index in [1.807, 2.05) is 26.8 Å². The Morgan fingerprint density at radius 2 is 2.14 bits per heavy atom. The van der Waals surface area contributed by atoms with Crippen molar-refractivity contribution in [2.75, 3.05) is 25.6 Å². The molecule has 8 nitrogen and oxygen atoms in total. The van der Waals surface area contributed by atoms with Gasteiger partial charge in [-0.15, -0.1) is 11.3 Å². The number of aliphatic hydroxyl groups excluding tert-OH is 1. The van der Waals surface area contributed by atoms with Crippen LogP contribution in [0, 0.1) is 0 Å². The van der Waals surface area contributed by atoms with E-state index in [-0.39, 0.29) is 6.61 Å². The van der Waals surface area contributed by atoms with Crippen molar-refractivity contribution in [3.05, 3.63) is 47.5 Å². The number of anilines is 1. The summed E-state index contributed by atoms with van der Waals surface area (Å²) in [6, 6.07) is 0. The molecule has 156 valence electrons. The second-order valence-electron chi connectivity index (χ2n) is 5.22. The van der Waals surface area contributed by atoms with Crippen molar-refractivity contribution in [2.24, 2.45) is 4.99 Å². The van der Waals surface area contributed by atoms with Crippen LogP contribution < -0.4 is 10.6 Å². The molecule has 2 aromatic rings. The number of thiophene rings is 1. The first-order chi connectivity index (χ1) is 14.1. The number of hydrogen-bond acceptors (Lipinski definition) is 8. The maximum Gasteiger partial charge on any atom is 0.162 e. The molecule has 0 atom stereocenters. The third-order valence-corrected chi connectivity index (χ3v) is 4.43. The predicted octanol–water partition coefficient (Wildman–Crippen LogP) is 3.80. The van der Waals surface area contributed by atoms with Gasteiger partial charge in [0.15, 0.2) is 6.29 Å². The molecular formula is C20H27N5O3S. The van der Waals surface area contributed by atoms with E-state index in [1.165, 1.54) is 24.0 Å². The molecule has 0 aliphatic heterocycles. The van der Waals surface area contributed by atoms with E-state index in [0.29, 0.717) is 38.9 Å². The van der Waals surface area contributed by atoms with E-state index in [9.17, 15) is 4.79 Å². The van der Waals surface area contributed by atoms with Gasteiger partial charge in [0, 0.05) is 12.2 Å². The number of aromatic nitrogens is 2. The maximum atomic E-state index is 11.4. The van der Waals surface area contributed by atoms with E-state index in [0.717, 1.165) is 12.0 Å². The maximum absolute atomic E-state index is 11.4. The lowest BCUT2D eigenvalue weighted by molar-refractivity contribution is 0.112. The molecule has 0 radical (unpaired) electrons. The lowest BCUT2D eigenvalue weighted by Crippen LogP contribution is -2.08. The molecule has 0 aliphatic carbocycles.